The summed E-state index contributed by atoms with van der Waals surface area (Å²) in [4.78, 5) is 0. The highest BCUT2D eigenvalue weighted by Crippen LogP contribution is 2.41. The van der Waals surface area contributed by atoms with E-state index in [2.05, 4.69) is 31.9 Å². The van der Waals surface area contributed by atoms with Crippen LogP contribution < -0.4 is 4.74 Å². The summed E-state index contributed by atoms with van der Waals surface area (Å²) in [6.45, 7) is 4.41. The molecule has 16 heavy (non-hydrogen) atoms. The maximum Gasteiger partial charge on any atom is 0.173 e. The van der Waals surface area contributed by atoms with Gasteiger partial charge in [0.05, 0.1) is 24.3 Å². The molecule has 0 amide bonds. The largest absolute Gasteiger partial charge is 0.503 e. The Hall–Kier alpha value is -0.260. The Balaban J connectivity index is 3.04. The van der Waals surface area contributed by atoms with Crippen LogP contribution in [-0.2, 0) is 11.3 Å². The Bertz CT molecular complexity index is 378. The van der Waals surface area contributed by atoms with E-state index < -0.39 is 0 Å². The summed E-state index contributed by atoms with van der Waals surface area (Å²) in [6, 6.07) is 1.76. The molecule has 0 saturated carbocycles. The fraction of sp³-hybridized carbons (Fsp3) is 0.455. The third kappa shape index (κ3) is 3.12. The Morgan fingerprint density at radius 1 is 1.31 bits per heavy atom. The van der Waals surface area contributed by atoms with Gasteiger partial charge in [-0.3, -0.25) is 0 Å². The molecular formula is C11H14Br2O3. The number of aromatic hydroxyl groups is 1. The predicted octanol–water partition coefficient (Wildman–Crippen LogP) is 3.85. The van der Waals surface area contributed by atoms with E-state index >= 15 is 0 Å². The van der Waals surface area contributed by atoms with Crippen LogP contribution in [0.2, 0.25) is 0 Å². The fourth-order valence-corrected chi connectivity index (χ4v) is 2.03. The van der Waals surface area contributed by atoms with Gasteiger partial charge in [-0.05, 0) is 57.3 Å². The molecular weight excluding hydrogens is 340 g/mol. The van der Waals surface area contributed by atoms with Crippen molar-refractivity contribution in [1.29, 1.82) is 0 Å². The fourth-order valence-electron chi connectivity index (χ4n) is 1.16. The van der Waals surface area contributed by atoms with Gasteiger partial charge in [0.1, 0.15) is 0 Å². The van der Waals surface area contributed by atoms with Gasteiger partial charge in [-0.1, -0.05) is 0 Å². The van der Waals surface area contributed by atoms with E-state index in [1.54, 1.807) is 6.07 Å². The van der Waals surface area contributed by atoms with E-state index in [-0.39, 0.29) is 11.9 Å². The molecule has 5 heteroatoms. The minimum atomic E-state index is 0.0858. The van der Waals surface area contributed by atoms with Gasteiger partial charge in [0.25, 0.3) is 0 Å². The second-order valence-electron chi connectivity index (χ2n) is 3.57. The van der Waals surface area contributed by atoms with E-state index in [1.807, 2.05) is 13.8 Å². The highest BCUT2D eigenvalue weighted by atomic mass is 79.9. The smallest absolute Gasteiger partial charge is 0.173 e. The molecule has 0 aromatic heterocycles. The highest BCUT2D eigenvalue weighted by molar-refractivity contribution is 9.13. The first-order valence-corrected chi connectivity index (χ1v) is 6.41. The maximum atomic E-state index is 9.74. The van der Waals surface area contributed by atoms with E-state index in [0.717, 1.165) is 10.0 Å². The van der Waals surface area contributed by atoms with Gasteiger partial charge in [0.15, 0.2) is 11.5 Å². The number of ether oxygens (including phenoxy) is 2. The quantitative estimate of drug-likeness (QED) is 0.893. The van der Waals surface area contributed by atoms with Gasteiger partial charge in [-0.2, -0.15) is 0 Å². The number of phenols is 1. The standard InChI is InChI=1S/C11H14Br2O3/c1-6(2)16-5-7-4-8(15-3)11(14)10(13)9(7)12/h4,6,14H,5H2,1-3H3. The van der Waals surface area contributed by atoms with Gasteiger partial charge in [-0.25, -0.2) is 0 Å². The molecule has 0 aliphatic heterocycles. The van der Waals surface area contributed by atoms with Gasteiger partial charge in [0.2, 0.25) is 0 Å². The van der Waals surface area contributed by atoms with Gasteiger partial charge in [-0.15, -0.1) is 0 Å². The number of rotatable bonds is 4. The summed E-state index contributed by atoms with van der Waals surface area (Å²) in [5.41, 5.74) is 0.926. The Morgan fingerprint density at radius 2 is 1.94 bits per heavy atom. The summed E-state index contributed by atoms with van der Waals surface area (Å²) < 4.78 is 11.9. The second kappa shape index (κ2) is 5.89. The molecule has 0 heterocycles. The van der Waals surface area contributed by atoms with E-state index in [4.69, 9.17) is 9.47 Å². The van der Waals surface area contributed by atoms with Crippen LogP contribution >= 0.6 is 31.9 Å². The summed E-state index contributed by atoms with van der Waals surface area (Å²) >= 11 is 6.70. The summed E-state index contributed by atoms with van der Waals surface area (Å²) in [6.07, 6.45) is 0.158. The lowest BCUT2D eigenvalue weighted by Crippen LogP contribution is -2.03. The minimum Gasteiger partial charge on any atom is -0.503 e. The molecule has 1 rings (SSSR count). The van der Waals surface area contributed by atoms with Gasteiger partial charge >= 0.3 is 0 Å². The molecule has 0 spiro atoms. The molecule has 0 fully saturated rings. The van der Waals surface area contributed by atoms with Crippen molar-refractivity contribution >= 4 is 31.9 Å². The van der Waals surface area contributed by atoms with Gasteiger partial charge in [0, 0.05) is 4.47 Å². The summed E-state index contributed by atoms with van der Waals surface area (Å²) in [5, 5.41) is 9.74. The Labute approximate surface area is 112 Å². The number of methoxy groups -OCH3 is 1. The number of hydrogen-bond acceptors (Lipinski definition) is 3. The molecule has 0 radical (unpaired) electrons. The van der Waals surface area contributed by atoms with Crippen molar-refractivity contribution in [2.75, 3.05) is 7.11 Å². The lowest BCUT2D eigenvalue weighted by molar-refractivity contribution is 0.0652. The van der Waals surface area contributed by atoms with Crippen LogP contribution in [0.1, 0.15) is 19.4 Å². The topological polar surface area (TPSA) is 38.7 Å². The lowest BCUT2D eigenvalue weighted by Gasteiger charge is -2.13. The first kappa shape index (κ1) is 13.8. The minimum absolute atomic E-state index is 0.0858. The monoisotopic (exact) mass is 352 g/mol. The number of benzene rings is 1. The summed E-state index contributed by atoms with van der Waals surface area (Å²) in [5.74, 6) is 0.514. The van der Waals surface area contributed by atoms with Crippen LogP contribution in [0.25, 0.3) is 0 Å². The average molecular weight is 354 g/mol. The zero-order valence-electron chi connectivity index (χ0n) is 9.38. The molecule has 90 valence electrons. The van der Waals surface area contributed by atoms with Crippen molar-refractivity contribution in [1.82, 2.24) is 0 Å². The first-order valence-electron chi connectivity index (χ1n) is 4.82. The summed E-state index contributed by atoms with van der Waals surface area (Å²) in [7, 11) is 1.52. The van der Waals surface area contributed by atoms with Crippen molar-refractivity contribution in [3.63, 3.8) is 0 Å². The maximum absolute atomic E-state index is 9.74. The van der Waals surface area contributed by atoms with Crippen LogP contribution in [-0.4, -0.2) is 18.3 Å². The molecule has 0 saturated heterocycles. The zero-order valence-corrected chi connectivity index (χ0v) is 12.6. The third-order valence-electron chi connectivity index (χ3n) is 2.01. The van der Waals surface area contributed by atoms with Crippen molar-refractivity contribution in [3.8, 4) is 11.5 Å². The van der Waals surface area contributed by atoms with E-state index in [1.165, 1.54) is 7.11 Å². The molecule has 0 atom stereocenters. The molecule has 0 aliphatic rings. The zero-order chi connectivity index (χ0) is 12.3. The van der Waals surface area contributed by atoms with Crippen LogP contribution in [0.15, 0.2) is 15.0 Å². The molecule has 0 aliphatic carbocycles. The van der Waals surface area contributed by atoms with E-state index in [9.17, 15) is 5.11 Å². The van der Waals surface area contributed by atoms with Crippen LogP contribution in [0.3, 0.4) is 0 Å². The molecule has 1 N–H and O–H groups in total. The molecule has 1 aromatic rings. The first-order chi connectivity index (χ1) is 7.47. The second-order valence-corrected chi connectivity index (χ2v) is 5.16. The van der Waals surface area contributed by atoms with Crippen LogP contribution in [0.5, 0.6) is 11.5 Å². The van der Waals surface area contributed by atoms with Crippen molar-refractivity contribution in [2.45, 2.75) is 26.6 Å². The molecule has 1 aromatic carbocycles. The van der Waals surface area contributed by atoms with Crippen molar-refractivity contribution in [3.05, 3.63) is 20.6 Å². The molecule has 3 nitrogen and oxygen atoms in total. The van der Waals surface area contributed by atoms with Crippen LogP contribution in [0, 0.1) is 0 Å². The Morgan fingerprint density at radius 3 is 2.44 bits per heavy atom. The highest BCUT2D eigenvalue weighted by Gasteiger charge is 2.15. The predicted molar refractivity (Wildman–Crippen MR) is 70.0 cm³/mol. The molecule has 0 unspecified atom stereocenters. The Kier molecular flexibility index (Phi) is 5.08. The number of hydrogen-bond donors (Lipinski definition) is 1. The van der Waals surface area contributed by atoms with Crippen LogP contribution in [0.4, 0.5) is 0 Å². The number of phenolic OH excluding ortho intramolecular Hbond substituents is 1. The SMILES string of the molecule is COc1cc(COC(C)C)c(Br)c(Br)c1O. The van der Waals surface area contributed by atoms with Gasteiger partial charge < -0.3 is 14.6 Å². The molecule has 0 bridgehead atoms. The lowest BCUT2D eigenvalue weighted by atomic mass is 10.2. The van der Waals surface area contributed by atoms with Crippen molar-refractivity contribution in [2.24, 2.45) is 0 Å². The normalized spacial score (nSPS) is 10.9. The van der Waals surface area contributed by atoms with E-state index in [0.29, 0.717) is 16.8 Å². The number of halogens is 2. The average Bonchev–Trinajstić information content (AvgIpc) is 2.25. The third-order valence-corrected chi connectivity index (χ3v) is 4.22. The van der Waals surface area contributed by atoms with Crippen molar-refractivity contribution < 1.29 is 14.6 Å².